The Hall–Kier alpha value is -1.07. The Morgan fingerprint density at radius 3 is 2.33 bits per heavy atom. The van der Waals surface area contributed by atoms with Gasteiger partial charge in [-0.2, -0.15) is 0 Å². The highest BCUT2D eigenvalue weighted by atomic mass is 32.1. The van der Waals surface area contributed by atoms with E-state index in [0.29, 0.717) is 5.56 Å². The second-order valence-corrected chi connectivity index (χ2v) is 3.91. The summed E-state index contributed by atoms with van der Waals surface area (Å²) in [5.74, 6) is -1.77. The monoisotopic (exact) mass is 230 g/mol. The van der Waals surface area contributed by atoms with Crippen LogP contribution in [0.4, 0.5) is 8.78 Å². The van der Waals surface area contributed by atoms with Crippen molar-refractivity contribution in [3.05, 3.63) is 35.4 Å². The highest BCUT2D eigenvalue weighted by Gasteiger charge is 2.18. The summed E-state index contributed by atoms with van der Waals surface area (Å²) in [4.78, 5) is 1.97. The third-order valence-electron chi connectivity index (χ3n) is 2.05. The highest BCUT2D eigenvalue weighted by Crippen LogP contribution is 2.20. The molecule has 1 rings (SSSR count). The first-order valence-electron chi connectivity index (χ1n) is 4.34. The molecule has 0 aliphatic carbocycles. The summed E-state index contributed by atoms with van der Waals surface area (Å²) >= 11 is 4.87. The van der Waals surface area contributed by atoms with Crippen molar-refractivity contribution < 1.29 is 8.78 Å². The predicted molar refractivity (Wildman–Crippen MR) is 59.6 cm³/mol. The minimum atomic E-state index is -0.893. The Morgan fingerprint density at radius 2 is 1.93 bits per heavy atom. The van der Waals surface area contributed by atoms with Crippen molar-refractivity contribution in [1.29, 1.82) is 0 Å². The van der Waals surface area contributed by atoms with Gasteiger partial charge in [-0.1, -0.05) is 18.3 Å². The van der Waals surface area contributed by atoms with Gasteiger partial charge < -0.3 is 5.73 Å². The van der Waals surface area contributed by atoms with E-state index in [9.17, 15) is 8.78 Å². The van der Waals surface area contributed by atoms with Gasteiger partial charge in [-0.05, 0) is 31.8 Å². The van der Waals surface area contributed by atoms with Crippen LogP contribution in [-0.4, -0.2) is 24.0 Å². The third-order valence-corrected chi connectivity index (χ3v) is 2.27. The van der Waals surface area contributed by atoms with Crippen LogP contribution in [0, 0.1) is 11.6 Å². The lowest BCUT2D eigenvalue weighted by molar-refractivity contribution is 0.369. The van der Waals surface area contributed by atoms with Crippen molar-refractivity contribution in [2.75, 3.05) is 14.1 Å². The zero-order chi connectivity index (χ0) is 11.6. The first kappa shape index (κ1) is 12.0. The summed E-state index contributed by atoms with van der Waals surface area (Å²) in [5, 5.41) is 0. The number of thiocarbonyl (C=S) groups is 1. The van der Waals surface area contributed by atoms with Crippen LogP contribution in [0.15, 0.2) is 18.2 Å². The number of nitrogens with zero attached hydrogens (tertiary/aromatic N) is 1. The molecule has 0 aliphatic heterocycles. The van der Waals surface area contributed by atoms with Gasteiger partial charge in [0.15, 0.2) is 11.6 Å². The lowest BCUT2D eigenvalue weighted by Crippen LogP contribution is -2.31. The molecule has 82 valence electrons. The second-order valence-electron chi connectivity index (χ2n) is 3.44. The number of likely N-dealkylation sites (N-methyl/N-ethyl adjacent to an activating group) is 1. The van der Waals surface area contributed by atoms with Gasteiger partial charge in [-0.15, -0.1) is 0 Å². The first-order valence-corrected chi connectivity index (χ1v) is 4.75. The van der Waals surface area contributed by atoms with Gasteiger partial charge in [-0.25, -0.2) is 8.78 Å². The van der Waals surface area contributed by atoms with Crippen LogP contribution in [-0.2, 0) is 0 Å². The molecule has 0 heterocycles. The third kappa shape index (κ3) is 2.70. The Labute approximate surface area is 92.7 Å². The molecular formula is C10H12F2N2S. The molecule has 0 saturated heterocycles. The van der Waals surface area contributed by atoms with E-state index in [1.165, 1.54) is 6.07 Å². The zero-order valence-corrected chi connectivity index (χ0v) is 9.31. The Kier molecular flexibility index (Phi) is 3.71. The number of hydrogen-bond acceptors (Lipinski definition) is 2. The molecule has 0 saturated carbocycles. The summed E-state index contributed by atoms with van der Waals surface area (Å²) < 4.78 is 25.7. The second kappa shape index (κ2) is 4.63. The molecule has 1 aromatic carbocycles. The molecule has 2 nitrogen and oxygen atoms in total. The zero-order valence-electron chi connectivity index (χ0n) is 8.50. The predicted octanol–water partition coefficient (Wildman–Crippen LogP) is 1.85. The Balaban J connectivity index is 3.12. The largest absolute Gasteiger partial charge is 0.392 e. The van der Waals surface area contributed by atoms with Crippen molar-refractivity contribution in [2.45, 2.75) is 6.04 Å². The fourth-order valence-corrected chi connectivity index (χ4v) is 1.75. The van der Waals surface area contributed by atoms with Crippen molar-refractivity contribution in [1.82, 2.24) is 4.90 Å². The number of benzene rings is 1. The lowest BCUT2D eigenvalue weighted by atomic mass is 10.1. The quantitative estimate of drug-likeness (QED) is 0.804. The summed E-state index contributed by atoms with van der Waals surface area (Å²) in [6.45, 7) is 0. The van der Waals surface area contributed by atoms with E-state index in [1.54, 1.807) is 19.0 Å². The van der Waals surface area contributed by atoms with Gasteiger partial charge in [-0.3, -0.25) is 4.90 Å². The van der Waals surface area contributed by atoms with Gasteiger partial charge in [0.1, 0.15) is 0 Å². The van der Waals surface area contributed by atoms with Crippen molar-refractivity contribution >= 4 is 17.2 Å². The van der Waals surface area contributed by atoms with Crippen LogP contribution in [0.2, 0.25) is 0 Å². The van der Waals surface area contributed by atoms with Crippen LogP contribution >= 0.6 is 12.2 Å². The Bertz CT molecular complexity index is 380. The van der Waals surface area contributed by atoms with Crippen LogP contribution < -0.4 is 5.73 Å². The minimum absolute atomic E-state index is 0.228. The standard InChI is InChI=1S/C10H12F2N2S/c1-14(2)9(10(13)15)6-3-4-7(11)8(12)5-6/h3-5,9H,1-2H3,(H2,13,15). The number of hydrogen-bond donors (Lipinski definition) is 1. The summed E-state index contributed by atoms with van der Waals surface area (Å²) in [6.07, 6.45) is 0. The average Bonchev–Trinajstić information content (AvgIpc) is 2.10. The molecule has 0 aromatic heterocycles. The summed E-state index contributed by atoms with van der Waals surface area (Å²) in [7, 11) is 3.54. The van der Waals surface area contributed by atoms with E-state index in [2.05, 4.69) is 0 Å². The van der Waals surface area contributed by atoms with Gasteiger partial charge in [0, 0.05) is 0 Å². The minimum Gasteiger partial charge on any atom is -0.392 e. The molecule has 0 bridgehead atoms. The Morgan fingerprint density at radius 1 is 1.33 bits per heavy atom. The number of rotatable bonds is 3. The van der Waals surface area contributed by atoms with Crippen LogP contribution in [0.5, 0.6) is 0 Å². The molecule has 2 N–H and O–H groups in total. The molecule has 1 aromatic rings. The highest BCUT2D eigenvalue weighted by molar-refractivity contribution is 7.80. The van der Waals surface area contributed by atoms with E-state index in [-0.39, 0.29) is 11.0 Å². The normalized spacial score (nSPS) is 12.9. The fraction of sp³-hybridized carbons (Fsp3) is 0.300. The van der Waals surface area contributed by atoms with Gasteiger partial charge >= 0.3 is 0 Å². The maximum absolute atomic E-state index is 13.0. The summed E-state index contributed by atoms with van der Waals surface area (Å²) in [5.41, 5.74) is 6.08. The SMILES string of the molecule is CN(C)C(C(N)=S)c1ccc(F)c(F)c1. The molecule has 1 unspecified atom stereocenters. The lowest BCUT2D eigenvalue weighted by Gasteiger charge is -2.23. The fourth-order valence-electron chi connectivity index (χ4n) is 1.40. The topological polar surface area (TPSA) is 29.3 Å². The van der Waals surface area contributed by atoms with Crippen LogP contribution in [0.3, 0.4) is 0 Å². The van der Waals surface area contributed by atoms with Crippen molar-refractivity contribution in [3.8, 4) is 0 Å². The van der Waals surface area contributed by atoms with Crippen LogP contribution in [0.25, 0.3) is 0 Å². The molecule has 0 aliphatic rings. The maximum Gasteiger partial charge on any atom is 0.159 e. The molecule has 5 heteroatoms. The van der Waals surface area contributed by atoms with Crippen molar-refractivity contribution in [2.24, 2.45) is 5.73 Å². The van der Waals surface area contributed by atoms with E-state index in [0.717, 1.165) is 12.1 Å². The molecule has 1 atom stereocenters. The van der Waals surface area contributed by atoms with Gasteiger partial charge in [0.05, 0.1) is 11.0 Å². The molecule has 0 fully saturated rings. The van der Waals surface area contributed by atoms with Gasteiger partial charge in [0.25, 0.3) is 0 Å². The number of halogens is 2. The van der Waals surface area contributed by atoms with Gasteiger partial charge in [0.2, 0.25) is 0 Å². The van der Waals surface area contributed by atoms with E-state index in [4.69, 9.17) is 18.0 Å². The van der Waals surface area contributed by atoms with Crippen molar-refractivity contribution in [3.63, 3.8) is 0 Å². The smallest absolute Gasteiger partial charge is 0.159 e. The first-order chi connectivity index (χ1) is 6.93. The van der Waals surface area contributed by atoms with E-state index < -0.39 is 11.6 Å². The van der Waals surface area contributed by atoms with Crippen LogP contribution in [0.1, 0.15) is 11.6 Å². The summed E-state index contributed by atoms with van der Waals surface area (Å²) in [6, 6.07) is 3.27. The maximum atomic E-state index is 13.0. The van der Waals surface area contributed by atoms with E-state index >= 15 is 0 Å². The molecule has 0 spiro atoms. The number of nitrogens with two attached hydrogens (primary N) is 1. The van der Waals surface area contributed by atoms with E-state index in [1.807, 2.05) is 0 Å². The molecular weight excluding hydrogens is 218 g/mol. The molecule has 0 amide bonds. The average molecular weight is 230 g/mol. The molecule has 15 heavy (non-hydrogen) atoms. The molecule has 0 radical (unpaired) electrons.